The number of hydrogen-bond acceptors (Lipinski definition) is 7. The maximum Gasteiger partial charge on any atom is 0.419 e. The molecular formula is C37H41F4N7O2. The van der Waals surface area contributed by atoms with Crippen molar-refractivity contribution in [3.8, 4) is 0 Å². The fraction of sp³-hybridized carbons (Fsp3) is 0.432. The van der Waals surface area contributed by atoms with Crippen LogP contribution >= 0.6 is 0 Å². The molecule has 13 heteroatoms. The van der Waals surface area contributed by atoms with E-state index in [1.807, 2.05) is 42.2 Å². The molecule has 2 atom stereocenters. The Balaban J connectivity index is 1.15. The molecule has 3 aromatic rings. The van der Waals surface area contributed by atoms with E-state index in [4.69, 9.17) is 0 Å². The maximum atomic E-state index is 14.8. The minimum absolute atomic E-state index is 0.110. The van der Waals surface area contributed by atoms with Gasteiger partial charge in [0.25, 0.3) is 5.91 Å². The number of fused-ring (bicyclic) bond motifs is 2. The summed E-state index contributed by atoms with van der Waals surface area (Å²) in [6, 6.07) is 9.64. The van der Waals surface area contributed by atoms with Crippen molar-refractivity contribution < 1.29 is 27.2 Å². The number of benzene rings is 2. The van der Waals surface area contributed by atoms with Gasteiger partial charge in [0.1, 0.15) is 17.2 Å². The van der Waals surface area contributed by atoms with Gasteiger partial charge in [0, 0.05) is 55.2 Å². The number of carbonyl (C=O) groups is 2. The van der Waals surface area contributed by atoms with Gasteiger partial charge < -0.3 is 20.4 Å². The molecule has 2 saturated heterocycles. The van der Waals surface area contributed by atoms with Gasteiger partial charge in [0.05, 0.1) is 11.6 Å². The molecule has 2 fully saturated rings. The Labute approximate surface area is 288 Å². The van der Waals surface area contributed by atoms with Crippen LogP contribution in [0.3, 0.4) is 0 Å². The molecule has 9 nitrogen and oxygen atoms in total. The number of nitrogens with one attached hydrogen (secondary N) is 3. The van der Waals surface area contributed by atoms with E-state index in [1.54, 1.807) is 23.5 Å². The summed E-state index contributed by atoms with van der Waals surface area (Å²) in [5.41, 5.74) is 2.40. The molecule has 0 radical (unpaired) electrons. The van der Waals surface area contributed by atoms with Crippen molar-refractivity contribution in [3.63, 3.8) is 0 Å². The highest BCUT2D eigenvalue weighted by Crippen LogP contribution is 2.42. The number of carbonyl (C=O) groups excluding carboxylic acids is 2. The minimum Gasteiger partial charge on any atom is -0.345 e. The average molecular weight is 692 g/mol. The molecule has 0 bridgehead atoms. The third kappa shape index (κ3) is 6.80. The number of hydrazine groups is 1. The van der Waals surface area contributed by atoms with Crippen LogP contribution in [0, 0.1) is 11.7 Å². The van der Waals surface area contributed by atoms with E-state index >= 15 is 0 Å². The number of rotatable bonds is 7. The Morgan fingerprint density at radius 1 is 1.00 bits per heavy atom. The lowest BCUT2D eigenvalue weighted by Crippen LogP contribution is -2.62. The van der Waals surface area contributed by atoms with Crippen LogP contribution in [0.1, 0.15) is 62.6 Å². The number of alkyl halides is 3. The Morgan fingerprint density at radius 3 is 2.52 bits per heavy atom. The highest BCUT2D eigenvalue weighted by molar-refractivity contribution is 6.02. The van der Waals surface area contributed by atoms with E-state index in [-0.39, 0.29) is 17.7 Å². The summed E-state index contributed by atoms with van der Waals surface area (Å²) in [4.78, 5) is 36.2. The predicted octanol–water partition coefficient (Wildman–Crippen LogP) is 6.09. The third-order valence-corrected chi connectivity index (χ3v) is 10.4. The molecule has 0 saturated carbocycles. The second-order valence-corrected chi connectivity index (χ2v) is 13.7. The molecule has 0 spiro atoms. The molecule has 5 heterocycles. The zero-order valence-electron chi connectivity index (χ0n) is 27.9. The number of hydrogen-bond donors (Lipinski definition) is 3. The van der Waals surface area contributed by atoms with Gasteiger partial charge in [-0.1, -0.05) is 18.6 Å². The Morgan fingerprint density at radius 2 is 1.78 bits per heavy atom. The van der Waals surface area contributed by atoms with E-state index in [0.717, 1.165) is 55.4 Å². The van der Waals surface area contributed by atoms with Crippen LogP contribution < -0.4 is 16.1 Å². The molecule has 4 aliphatic heterocycles. The number of amides is 2. The summed E-state index contributed by atoms with van der Waals surface area (Å²) in [5.74, 6) is -1.28. The van der Waals surface area contributed by atoms with E-state index in [2.05, 4.69) is 25.9 Å². The topological polar surface area (TPSA) is 92.8 Å². The predicted molar refractivity (Wildman–Crippen MR) is 181 cm³/mol. The summed E-state index contributed by atoms with van der Waals surface area (Å²) in [7, 11) is 0. The highest BCUT2D eigenvalue weighted by atomic mass is 19.4. The minimum atomic E-state index is -4.82. The van der Waals surface area contributed by atoms with Gasteiger partial charge in [-0.15, -0.1) is 0 Å². The molecule has 4 aliphatic rings. The second-order valence-electron chi connectivity index (χ2n) is 13.7. The van der Waals surface area contributed by atoms with Gasteiger partial charge in [-0.25, -0.2) is 9.82 Å². The zero-order chi connectivity index (χ0) is 35.0. The molecule has 2 aromatic carbocycles. The Kier molecular flexibility index (Phi) is 9.29. The van der Waals surface area contributed by atoms with Gasteiger partial charge in [-0.05, 0) is 105 Å². The molecule has 2 unspecified atom stereocenters. The average Bonchev–Trinajstić information content (AvgIpc) is 3.51. The lowest BCUT2D eigenvalue weighted by molar-refractivity contribution is -0.140. The fourth-order valence-corrected chi connectivity index (χ4v) is 7.72. The quantitative estimate of drug-likeness (QED) is 0.258. The van der Waals surface area contributed by atoms with Crippen LogP contribution in [0.15, 0.2) is 78.5 Å². The van der Waals surface area contributed by atoms with Crippen molar-refractivity contribution in [2.24, 2.45) is 5.92 Å². The maximum absolute atomic E-state index is 14.8. The third-order valence-electron chi connectivity index (χ3n) is 10.4. The molecule has 1 aromatic heterocycles. The molecule has 50 heavy (non-hydrogen) atoms. The Hall–Kier alpha value is -4.49. The zero-order valence-corrected chi connectivity index (χ0v) is 27.9. The van der Waals surface area contributed by atoms with Crippen molar-refractivity contribution >= 4 is 28.3 Å². The van der Waals surface area contributed by atoms with Crippen molar-refractivity contribution in [3.05, 3.63) is 95.5 Å². The van der Waals surface area contributed by atoms with Crippen molar-refractivity contribution in [2.75, 3.05) is 38.0 Å². The molecule has 2 amide bonds. The number of anilines is 1. The standard InChI is InChI=1S/C37H41F4N7O2/c1-24-19-32(26-6-8-30(31(38)21-26)37(39,40)41)48-33(43-24)22-36(45-48,35(50)44-29-7-5-27-23-42-13-9-25(27)20-29)28-10-17-47(18-11-28)34(49)12-16-46-14-3-2-4-15-46/h5-9,13,19-23,28,32,43,45H,2-4,10-12,14-18H2,1H3,(H,44,50). The summed E-state index contributed by atoms with van der Waals surface area (Å²) in [6.07, 6.45) is 7.33. The number of allylic oxidation sites excluding steroid dienone is 1. The smallest absolute Gasteiger partial charge is 0.345 e. The van der Waals surface area contributed by atoms with Gasteiger partial charge in [0.2, 0.25) is 5.91 Å². The Bertz CT molecular complexity index is 1830. The van der Waals surface area contributed by atoms with Crippen molar-refractivity contribution in [1.82, 2.24) is 30.5 Å². The lowest BCUT2D eigenvalue weighted by Gasteiger charge is -2.43. The first-order valence-electron chi connectivity index (χ1n) is 17.3. The summed E-state index contributed by atoms with van der Waals surface area (Å²) >= 11 is 0. The number of piperidine rings is 2. The van der Waals surface area contributed by atoms with Crippen LogP contribution in [0.4, 0.5) is 23.2 Å². The van der Waals surface area contributed by atoms with Gasteiger partial charge in [0.15, 0.2) is 0 Å². The summed E-state index contributed by atoms with van der Waals surface area (Å²) in [5, 5.41) is 9.92. The first kappa shape index (κ1) is 34.0. The van der Waals surface area contributed by atoms with Crippen molar-refractivity contribution in [1.29, 1.82) is 0 Å². The van der Waals surface area contributed by atoms with Crippen LogP contribution in [-0.2, 0) is 15.8 Å². The van der Waals surface area contributed by atoms with Gasteiger partial charge >= 0.3 is 6.18 Å². The van der Waals surface area contributed by atoms with Crippen LogP contribution in [-0.4, -0.2) is 69.9 Å². The van der Waals surface area contributed by atoms with Gasteiger partial charge in [-0.2, -0.15) is 13.2 Å². The molecule has 0 aliphatic carbocycles. The van der Waals surface area contributed by atoms with E-state index < -0.39 is 29.1 Å². The number of halogens is 4. The van der Waals surface area contributed by atoms with Crippen molar-refractivity contribution in [2.45, 2.75) is 63.2 Å². The summed E-state index contributed by atoms with van der Waals surface area (Å²) < 4.78 is 55.0. The first-order valence-corrected chi connectivity index (χ1v) is 17.3. The molecular weight excluding hydrogens is 650 g/mol. The van der Waals surface area contributed by atoms with Crippen LogP contribution in [0.25, 0.3) is 10.8 Å². The van der Waals surface area contributed by atoms with E-state index in [1.165, 1.54) is 12.5 Å². The molecule has 264 valence electrons. The molecule has 3 N–H and O–H groups in total. The highest BCUT2D eigenvalue weighted by Gasteiger charge is 2.52. The fourth-order valence-electron chi connectivity index (χ4n) is 7.72. The number of nitrogens with zero attached hydrogens (tertiary/aromatic N) is 4. The first-order chi connectivity index (χ1) is 24.0. The lowest BCUT2D eigenvalue weighted by atomic mass is 9.77. The second kappa shape index (κ2) is 13.7. The van der Waals surface area contributed by atoms with Crippen LogP contribution in [0.2, 0.25) is 0 Å². The summed E-state index contributed by atoms with van der Waals surface area (Å²) in [6.45, 7) is 5.60. The number of aromatic nitrogens is 1. The van der Waals surface area contributed by atoms with Crippen LogP contribution in [0.5, 0.6) is 0 Å². The van der Waals surface area contributed by atoms with E-state index in [0.29, 0.717) is 55.1 Å². The van der Waals surface area contributed by atoms with E-state index in [9.17, 15) is 27.2 Å². The number of likely N-dealkylation sites (tertiary alicyclic amines) is 2. The van der Waals surface area contributed by atoms with Gasteiger partial charge in [-0.3, -0.25) is 19.6 Å². The largest absolute Gasteiger partial charge is 0.419 e. The molecule has 7 rings (SSSR count). The SMILES string of the molecule is CC1=CC(c2ccc(C(F)(F)F)c(F)c2)N2NC(C(=O)Nc3ccc4cnccc4c3)(C3CCN(C(=O)CCN4CCCCC4)CC3)C=C2N1. The normalized spacial score (nSPS) is 23.3. The monoisotopic (exact) mass is 691 g/mol. The number of pyridine rings is 1.